The predicted octanol–water partition coefficient (Wildman–Crippen LogP) is 2.93. The van der Waals surface area contributed by atoms with Crippen LogP contribution in [0, 0.1) is 0 Å². The van der Waals surface area contributed by atoms with Crippen LogP contribution in [-0.2, 0) is 0 Å². The van der Waals surface area contributed by atoms with E-state index < -0.39 is 6.30 Å². The summed E-state index contributed by atoms with van der Waals surface area (Å²) in [6.45, 7) is 3.28. The fraction of sp³-hybridized carbons (Fsp3) is 0.571. The van der Waals surface area contributed by atoms with Gasteiger partial charge in [0.2, 0.25) is 0 Å². The van der Waals surface area contributed by atoms with Crippen LogP contribution in [0.3, 0.4) is 0 Å². The van der Waals surface area contributed by atoms with E-state index in [0.29, 0.717) is 6.42 Å². The number of halogens is 3. The quantitative estimate of drug-likeness (QED) is 0.440. The van der Waals surface area contributed by atoms with Crippen molar-refractivity contribution < 1.29 is 13.2 Å². The van der Waals surface area contributed by atoms with Gasteiger partial charge in [-0.2, -0.15) is 4.99 Å². The Morgan fingerprint density at radius 1 is 1.45 bits per heavy atom. The molecule has 0 heterocycles. The molecule has 11 heavy (non-hydrogen) atoms. The standard InChI is InChI=1S/C7H10F3N/c1-3-5-6(4-2)11-7(8,9)10/h3,5H,4H2,1-2H3/b5-3-,11-6?. The Balaban J connectivity index is 4.35. The Hall–Kier alpha value is -0.800. The van der Waals surface area contributed by atoms with Crippen LogP contribution in [0.5, 0.6) is 0 Å². The van der Waals surface area contributed by atoms with Crippen molar-refractivity contribution in [3.05, 3.63) is 12.2 Å². The minimum Gasteiger partial charge on any atom is -0.189 e. The average Bonchev–Trinajstić information content (AvgIpc) is 1.84. The summed E-state index contributed by atoms with van der Waals surface area (Å²) in [5.74, 6) is 0. The van der Waals surface area contributed by atoms with Crippen LogP contribution in [0.1, 0.15) is 20.3 Å². The van der Waals surface area contributed by atoms with Gasteiger partial charge >= 0.3 is 6.30 Å². The first-order valence-electron chi connectivity index (χ1n) is 3.27. The van der Waals surface area contributed by atoms with Crippen molar-refractivity contribution in [2.45, 2.75) is 26.6 Å². The second kappa shape index (κ2) is 4.16. The number of nitrogens with zero attached hydrogens (tertiary/aromatic N) is 1. The Kier molecular flexibility index (Phi) is 3.85. The van der Waals surface area contributed by atoms with Gasteiger partial charge in [-0.3, -0.25) is 0 Å². The van der Waals surface area contributed by atoms with E-state index in [0.717, 1.165) is 0 Å². The molecule has 0 bridgehead atoms. The van der Waals surface area contributed by atoms with Gasteiger partial charge in [0.25, 0.3) is 0 Å². The topological polar surface area (TPSA) is 12.4 Å². The molecule has 0 saturated carbocycles. The number of allylic oxidation sites excluding steroid dienone is 2. The third-order valence-electron chi connectivity index (χ3n) is 0.992. The summed E-state index contributed by atoms with van der Waals surface area (Å²) >= 11 is 0. The van der Waals surface area contributed by atoms with Gasteiger partial charge in [-0.25, -0.2) is 0 Å². The molecule has 0 radical (unpaired) electrons. The molecule has 0 aromatic rings. The maximum absolute atomic E-state index is 11.6. The Bertz CT molecular complexity index is 167. The lowest BCUT2D eigenvalue weighted by atomic mass is 10.3. The van der Waals surface area contributed by atoms with Crippen molar-refractivity contribution in [3.63, 3.8) is 0 Å². The highest BCUT2D eigenvalue weighted by atomic mass is 19.4. The molecule has 0 aromatic carbocycles. The molecule has 0 aliphatic carbocycles. The number of alkyl halides is 3. The van der Waals surface area contributed by atoms with Gasteiger partial charge in [0, 0.05) is 5.71 Å². The highest BCUT2D eigenvalue weighted by Crippen LogP contribution is 2.17. The summed E-state index contributed by atoms with van der Waals surface area (Å²) in [5, 5.41) is 0. The summed E-state index contributed by atoms with van der Waals surface area (Å²) in [6.07, 6.45) is -1.25. The highest BCUT2D eigenvalue weighted by Gasteiger charge is 2.25. The summed E-state index contributed by atoms with van der Waals surface area (Å²) in [6, 6.07) is 0. The van der Waals surface area contributed by atoms with Crippen LogP contribution >= 0.6 is 0 Å². The number of hydrogen-bond donors (Lipinski definition) is 0. The van der Waals surface area contributed by atoms with Crippen molar-refractivity contribution in [2.75, 3.05) is 0 Å². The lowest BCUT2D eigenvalue weighted by Crippen LogP contribution is -2.06. The normalized spacial score (nSPS) is 14.5. The molecule has 0 saturated heterocycles. The summed E-state index contributed by atoms with van der Waals surface area (Å²) in [7, 11) is 0. The van der Waals surface area contributed by atoms with E-state index in [1.807, 2.05) is 0 Å². The van der Waals surface area contributed by atoms with Gasteiger partial charge in [-0.1, -0.05) is 13.0 Å². The molecule has 0 aromatic heterocycles. The summed E-state index contributed by atoms with van der Waals surface area (Å²) in [4.78, 5) is 2.55. The first-order valence-corrected chi connectivity index (χ1v) is 3.27. The Morgan fingerprint density at radius 2 is 2.00 bits per heavy atom. The first kappa shape index (κ1) is 10.2. The summed E-state index contributed by atoms with van der Waals surface area (Å²) in [5.41, 5.74) is 0.0556. The van der Waals surface area contributed by atoms with Gasteiger partial charge < -0.3 is 0 Å². The highest BCUT2D eigenvalue weighted by molar-refractivity contribution is 5.94. The SMILES string of the molecule is C/C=C\C(CC)=NC(F)(F)F. The van der Waals surface area contributed by atoms with Crippen molar-refractivity contribution >= 4 is 5.71 Å². The van der Waals surface area contributed by atoms with Crippen molar-refractivity contribution in [3.8, 4) is 0 Å². The zero-order chi connectivity index (χ0) is 8.91. The van der Waals surface area contributed by atoms with Crippen LogP contribution in [0.2, 0.25) is 0 Å². The molecule has 0 aliphatic rings. The molecule has 0 fully saturated rings. The minimum atomic E-state index is -4.44. The smallest absolute Gasteiger partial charge is 0.189 e. The van der Waals surface area contributed by atoms with Crippen LogP contribution < -0.4 is 0 Å². The third-order valence-corrected chi connectivity index (χ3v) is 0.992. The molecule has 0 rings (SSSR count). The number of hydrogen-bond acceptors (Lipinski definition) is 1. The lowest BCUT2D eigenvalue weighted by molar-refractivity contribution is -0.119. The molecule has 0 aliphatic heterocycles. The molecule has 0 amide bonds. The predicted molar refractivity (Wildman–Crippen MR) is 38.6 cm³/mol. The molecule has 0 spiro atoms. The zero-order valence-corrected chi connectivity index (χ0v) is 6.44. The molecule has 0 atom stereocenters. The van der Waals surface area contributed by atoms with Gasteiger partial charge in [-0.15, -0.1) is 13.2 Å². The maximum atomic E-state index is 11.6. The van der Waals surface area contributed by atoms with E-state index >= 15 is 0 Å². The Labute approximate surface area is 63.6 Å². The molecule has 0 unspecified atom stereocenters. The average molecular weight is 165 g/mol. The van der Waals surface area contributed by atoms with Gasteiger partial charge in [0.05, 0.1) is 0 Å². The molecule has 64 valence electrons. The van der Waals surface area contributed by atoms with E-state index in [1.54, 1.807) is 13.8 Å². The second-order valence-electron chi connectivity index (χ2n) is 1.92. The van der Waals surface area contributed by atoms with Crippen LogP contribution in [0.25, 0.3) is 0 Å². The van der Waals surface area contributed by atoms with Crippen molar-refractivity contribution in [2.24, 2.45) is 4.99 Å². The fourth-order valence-electron chi connectivity index (χ4n) is 0.589. The molecule has 1 nitrogen and oxygen atoms in total. The van der Waals surface area contributed by atoms with Gasteiger partial charge in [0.15, 0.2) is 0 Å². The fourth-order valence-corrected chi connectivity index (χ4v) is 0.589. The van der Waals surface area contributed by atoms with Crippen LogP contribution in [0.15, 0.2) is 17.1 Å². The monoisotopic (exact) mass is 165 g/mol. The molecule has 0 N–H and O–H groups in total. The number of rotatable bonds is 2. The first-order chi connectivity index (χ1) is 4.99. The summed E-state index contributed by atoms with van der Waals surface area (Å²) < 4.78 is 34.8. The second-order valence-corrected chi connectivity index (χ2v) is 1.92. The van der Waals surface area contributed by atoms with Gasteiger partial charge in [-0.05, 0) is 19.4 Å². The molecular formula is C7H10F3N. The molecular weight excluding hydrogens is 155 g/mol. The number of aliphatic imine (C=N–C) groups is 1. The zero-order valence-electron chi connectivity index (χ0n) is 6.44. The van der Waals surface area contributed by atoms with Crippen molar-refractivity contribution in [1.82, 2.24) is 0 Å². The van der Waals surface area contributed by atoms with E-state index in [1.165, 1.54) is 12.2 Å². The van der Waals surface area contributed by atoms with E-state index in [-0.39, 0.29) is 5.71 Å². The van der Waals surface area contributed by atoms with Crippen LogP contribution in [-0.4, -0.2) is 12.0 Å². The van der Waals surface area contributed by atoms with E-state index in [4.69, 9.17) is 0 Å². The lowest BCUT2D eigenvalue weighted by Gasteiger charge is -2.00. The van der Waals surface area contributed by atoms with Gasteiger partial charge in [0.1, 0.15) is 0 Å². The third kappa shape index (κ3) is 5.63. The largest absolute Gasteiger partial charge is 0.503 e. The van der Waals surface area contributed by atoms with Crippen molar-refractivity contribution in [1.29, 1.82) is 0 Å². The van der Waals surface area contributed by atoms with E-state index in [9.17, 15) is 13.2 Å². The van der Waals surface area contributed by atoms with Crippen LogP contribution in [0.4, 0.5) is 13.2 Å². The minimum absolute atomic E-state index is 0.0556. The molecule has 4 heteroatoms. The van der Waals surface area contributed by atoms with E-state index in [2.05, 4.69) is 4.99 Å². The maximum Gasteiger partial charge on any atom is 0.503 e. The Morgan fingerprint density at radius 3 is 2.27 bits per heavy atom.